The molecule has 0 heterocycles. The van der Waals surface area contributed by atoms with Gasteiger partial charge in [-0.1, -0.05) is 0 Å². The maximum Gasteiger partial charge on any atom is 0.337 e. The summed E-state index contributed by atoms with van der Waals surface area (Å²) in [6.07, 6.45) is 0. The number of methoxy groups -OCH3 is 2. The van der Waals surface area contributed by atoms with Gasteiger partial charge in [0.05, 0.1) is 24.5 Å². The Kier molecular flexibility index (Phi) is 6.11. The average Bonchev–Trinajstić information content (AvgIpc) is 2.38. The fourth-order valence-corrected chi connectivity index (χ4v) is 1.75. The zero-order valence-electron chi connectivity index (χ0n) is 11.3. The lowest BCUT2D eigenvalue weighted by Gasteiger charge is -2.26. The molecule has 0 spiro atoms. The van der Waals surface area contributed by atoms with Gasteiger partial charge < -0.3 is 25.2 Å². The standard InChI is InChI=1S/C13H20N2O4/c1-18-7-5-15(6-8-19-2)12-9-10(14)3-4-11(12)13(16)17/h3-4,9H,5-8,14H2,1-2H3,(H,16,17). The summed E-state index contributed by atoms with van der Waals surface area (Å²) in [6.45, 7) is 2.14. The molecule has 0 aliphatic carbocycles. The van der Waals surface area contributed by atoms with Gasteiger partial charge in [-0.2, -0.15) is 0 Å². The predicted octanol–water partition coefficient (Wildman–Crippen LogP) is 1.07. The first kappa shape index (κ1) is 15.3. The molecule has 6 heteroatoms. The van der Waals surface area contributed by atoms with Crippen molar-refractivity contribution in [2.45, 2.75) is 0 Å². The van der Waals surface area contributed by atoms with Crippen molar-refractivity contribution < 1.29 is 19.4 Å². The van der Waals surface area contributed by atoms with Gasteiger partial charge in [0.15, 0.2) is 0 Å². The smallest absolute Gasteiger partial charge is 0.337 e. The Morgan fingerprint density at radius 2 is 1.84 bits per heavy atom. The third kappa shape index (κ3) is 4.42. The van der Waals surface area contributed by atoms with Crippen LogP contribution in [0.2, 0.25) is 0 Å². The van der Waals surface area contributed by atoms with E-state index in [1.807, 2.05) is 4.90 Å². The number of benzene rings is 1. The maximum absolute atomic E-state index is 11.3. The Morgan fingerprint density at radius 1 is 1.26 bits per heavy atom. The van der Waals surface area contributed by atoms with E-state index in [2.05, 4.69) is 0 Å². The highest BCUT2D eigenvalue weighted by atomic mass is 16.5. The van der Waals surface area contributed by atoms with Crippen molar-refractivity contribution in [3.05, 3.63) is 23.8 Å². The molecule has 106 valence electrons. The number of anilines is 2. The normalized spacial score (nSPS) is 10.4. The summed E-state index contributed by atoms with van der Waals surface area (Å²) in [4.78, 5) is 13.2. The van der Waals surface area contributed by atoms with Gasteiger partial charge >= 0.3 is 5.97 Å². The molecule has 1 aromatic carbocycles. The van der Waals surface area contributed by atoms with E-state index in [1.165, 1.54) is 6.07 Å². The van der Waals surface area contributed by atoms with Crippen LogP contribution in [0, 0.1) is 0 Å². The quantitative estimate of drug-likeness (QED) is 0.686. The number of hydrogen-bond acceptors (Lipinski definition) is 5. The third-order valence-electron chi connectivity index (χ3n) is 2.72. The highest BCUT2D eigenvalue weighted by molar-refractivity contribution is 5.95. The van der Waals surface area contributed by atoms with Crippen molar-refractivity contribution in [1.29, 1.82) is 0 Å². The number of nitrogens with zero attached hydrogens (tertiary/aromatic N) is 1. The Labute approximate surface area is 112 Å². The molecule has 0 radical (unpaired) electrons. The Hall–Kier alpha value is -1.79. The van der Waals surface area contributed by atoms with E-state index in [1.54, 1.807) is 26.4 Å². The maximum atomic E-state index is 11.3. The van der Waals surface area contributed by atoms with Crippen LogP contribution in [0.3, 0.4) is 0 Å². The molecule has 0 bridgehead atoms. The second-order valence-electron chi connectivity index (χ2n) is 4.05. The molecular weight excluding hydrogens is 248 g/mol. The zero-order valence-corrected chi connectivity index (χ0v) is 11.3. The van der Waals surface area contributed by atoms with Crippen LogP contribution in [0.15, 0.2) is 18.2 Å². The second kappa shape index (κ2) is 7.60. The molecule has 6 nitrogen and oxygen atoms in total. The number of carboxylic acid groups (broad SMARTS) is 1. The molecule has 0 aliphatic heterocycles. The number of rotatable bonds is 8. The highest BCUT2D eigenvalue weighted by Crippen LogP contribution is 2.23. The minimum Gasteiger partial charge on any atom is -0.478 e. The summed E-state index contributed by atoms with van der Waals surface area (Å²) >= 11 is 0. The number of ether oxygens (including phenoxy) is 2. The molecule has 3 N–H and O–H groups in total. The van der Waals surface area contributed by atoms with Gasteiger partial charge in [0, 0.05) is 33.0 Å². The van der Waals surface area contributed by atoms with Gasteiger partial charge in [-0.15, -0.1) is 0 Å². The minimum atomic E-state index is -0.977. The summed E-state index contributed by atoms with van der Waals surface area (Å²) in [5, 5.41) is 9.23. The summed E-state index contributed by atoms with van der Waals surface area (Å²) in [6, 6.07) is 4.76. The van der Waals surface area contributed by atoms with Crippen LogP contribution < -0.4 is 10.6 Å². The van der Waals surface area contributed by atoms with Crippen LogP contribution in [0.4, 0.5) is 11.4 Å². The molecule has 0 saturated carbocycles. The van der Waals surface area contributed by atoms with Gasteiger partial charge in [0.2, 0.25) is 0 Å². The Balaban J connectivity index is 3.03. The summed E-state index contributed by atoms with van der Waals surface area (Å²) < 4.78 is 10.1. The average molecular weight is 268 g/mol. The van der Waals surface area contributed by atoms with Crippen molar-refractivity contribution in [1.82, 2.24) is 0 Å². The number of nitrogen functional groups attached to an aromatic ring is 1. The summed E-state index contributed by atoms with van der Waals surface area (Å²) in [5.74, 6) is -0.977. The fourth-order valence-electron chi connectivity index (χ4n) is 1.75. The lowest BCUT2D eigenvalue weighted by Crippen LogP contribution is -2.32. The first-order valence-electron chi connectivity index (χ1n) is 5.95. The molecular formula is C13H20N2O4. The van der Waals surface area contributed by atoms with Crippen molar-refractivity contribution in [3.63, 3.8) is 0 Å². The number of carbonyl (C=O) groups is 1. The van der Waals surface area contributed by atoms with Gasteiger partial charge in [0.1, 0.15) is 0 Å². The fraction of sp³-hybridized carbons (Fsp3) is 0.462. The Bertz CT molecular complexity index is 415. The molecule has 0 aromatic heterocycles. The van der Waals surface area contributed by atoms with Crippen LogP contribution in [0.1, 0.15) is 10.4 Å². The van der Waals surface area contributed by atoms with Gasteiger partial charge in [-0.05, 0) is 18.2 Å². The summed E-state index contributed by atoms with van der Waals surface area (Å²) in [5.41, 5.74) is 7.08. The predicted molar refractivity (Wildman–Crippen MR) is 73.8 cm³/mol. The second-order valence-corrected chi connectivity index (χ2v) is 4.05. The molecule has 0 aliphatic rings. The van der Waals surface area contributed by atoms with E-state index in [4.69, 9.17) is 15.2 Å². The number of carboxylic acids is 1. The molecule has 0 saturated heterocycles. The summed E-state index contributed by atoms with van der Waals surface area (Å²) in [7, 11) is 3.21. The molecule has 0 fully saturated rings. The van der Waals surface area contributed by atoms with E-state index < -0.39 is 5.97 Å². The van der Waals surface area contributed by atoms with E-state index in [0.29, 0.717) is 37.7 Å². The number of aromatic carboxylic acids is 1. The van der Waals surface area contributed by atoms with Gasteiger partial charge in [-0.3, -0.25) is 0 Å². The zero-order chi connectivity index (χ0) is 14.3. The first-order valence-corrected chi connectivity index (χ1v) is 5.95. The molecule has 0 unspecified atom stereocenters. The van der Waals surface area contributed by atoms with E-state index in [0.717, 1.165) is 0 Å². The van der Waals surface area contributed by atoms with Crippen molar-refractivity contribution in [2.24, 2.45) is 0 Å². The van der Waals surface area contributed by atoms with Crippen molar-refractivity contribution in [2.75, 3.05) is 51.2 Å². The van der Waals surface area contributed by atoms with Crippen LogP contribution in [-0.2, 0) is 9.47 Å². The van der Waals surface area contributed by atoms with E-state index >= 15 is 0 Å². The monoisotopic (exact) mass is 268 g/mol. The molecule has 19 heavy (non-hydrogen) atoms. The van der Waals surface area contributed by atoms with Crippen LogP contribution in [-0.4, -0.2) is 51.6 Å². The molecule has 1 aromatic rings. The molecule has 0 amide bonds. The first-order chi connectivity index (χ1) is 9.10. The number of nitrogens with two attached hydrogens (primary N) is 1. The SMILES string of the molecule is COCCN(CCOC)c1cc(N)ccc1C(=O)O. The van der Waals surface area contributed by atoms with Crippen LogP contribution in [0.5, 0.6) is 0 Å². The molecule has 1 rings (SSSR count). The lowest BCUT2D eigenvalue weighted by molar-refractivity contribution is 0.0697. The minimum absolute atomic E-state index is 0.224. The highest BCUT2D eigenvalue weighted by Gasteiger charge is 2.16. The third-order valence-corrected chi connectivity index (χ3v) is 2.72. The topological polar surface area (TPSA) is 85.0 Å². The largest absolute Gasteiger partial charge is 0.478 e. The van der Waals surface area contributed by atoms with Crippen LogP contribution >= 0.6 is 0 Å². The van der Waals surface area contributed by atoms with Gasteiger partial charge in [-0.25, -0.2) is 4.79 Å². The molecule has 0 atom stereocenters. The van der Waals surface area contributed by atoms with Crippen molar-refractivity contribution in [3.8, 4) is 0 Å². The van der Waals surface area contributed by atoms with Crippen molar-refractivity contribution >= 4 is 17.3 Å². The number of hydrogen-bond donors (Lipinski definition) is 2. The lowest BCUT2D eigenvalue weighted by atomic mass is 10.1. The van der Waals surface area contributed by atoms with Gasteiger partial charge in [0.25, 0.3) is 0 Å². The van der Waals surface area contributed by atoms with E-state index in [9.17, 15) is 9.90 Å². The Morgan fingerprint density at radius 3 is 2.32 bits per heavy atom. The van der Waals surface area contributed by atoms with E-state index in [-0.39, 0.29) is 5.56 Å². The van der Waals surface area contributed by atoms with Crippen LogP contribution in [0.25, 0.3) is 0 Å².